The van der Waals surface area contributed by atoms with E-state index in [-0.39, 0.29) is 11.9 Å². The number of benzene rings is 2. The summed E-state index contributed by atoms with van der Waals surface area (Å²) in [6.45, 7) is 7.06. The summed E-state index contributed by atoms with van der Waals surface area (Å²) in [7, 11) is 0. The molecule has 0 radical (unpaired) electrons. The smallest absolute Gasteiger partial charge is 0.319 e. The van der Waals surface area contributed by atoms with Crippen molar-refractivity contribution in [2.75, 3.05) is 11.9 Å². The van der Waals surface area contributed by atoms with Crippen LogP contribution in [-0.2, 0) is 6.54 Å². The van der Waals surface area contributed by atoms with Crippen molar-refractivity contribution in [3.05, 3.63) is 64.2 Å². The largest absolute Gasteiger partial charge is 0.352 e. The molecule has 5 nitrogen and oxygen atoms in total. The number of rotatable bonds is 6. The summed E-state index contributed by atoms with van der Waals surface area (Å²) in [5, 5.41) is 8.61. The van der Waals surface area contributed by atoms with Crippen LogP contribution in [0.3, 0.4) is 0 Å². The van der Waals surface area contributed by atoms with Crippen molar-refractivity contribution in [3.63, 3.8) is 0 Å². The lowest BCUT2D eigenvalue weighted by molar-refractivity contribution is 0.0949. The lowest BCUT2D eigenvalue weighted by Gasteiger charge is -2.11. The Hall–Kier alpha value is -2.53. The Morgan fingerprint density at radius 1 is 1.04 bits per heavy atom. The number of anilines is 1. The van der Waals surface area contributed by atoms with E-state index in [4.69, 9.17) is 11.6 Å². The Morgan fingerprint density at radius 2 is 1.73 bits per heavy atom. The van der Waals surface area contributed by atoms with Crippen molar-refractivity contribution < 1.29 is 9.59 Å². The van der Waals surface area contributed by atoms with Crippen molar-refractivity contribution in [3.8, 4) is 0 Å². The highest BCUT2D eigenvalue weighted by Crippen LogP contribution is 2.21. The number of halogens is 1. The second kappa shape index (κ2) is 9.25. The Kier molecular flexibility index (Phi) is 7.04. The third-order valence-electron chi connectivity index (χ3n) is 3.72. The molecule has 0 aliphatic heterocycles. The lowest BCUT2D eigenvalue weighted by atomic mass is 10.1. The van der Waals surface area contributed by atoms with Crippen LogP contribution in [0.4, 0.5) is 10.5 Å². The number of carbonyl (C=O) groups is 2. The molecule has 2 aromatic rings. The van der Waals surface area contributed by atoms with Crippen molar-refractivity contribution >= 4 is 29.2 Å². The number of urea groups is 1. The molecule has 0 spiro atoms. The number of hydrogen-bond donors (Lipinski definition) is 3. The third kappa shape index (κ3) is 6.08. The molecule has 0 fully saturated rings. The summed E-state index contributed by atoms with van der Waals surface area (Å²) in [6, 6.07) is 12.4. The van der Waals surface area contributed by atoms with Crippen LogP contribution in [0.25, 0.3) is 0 Å². The maximum atomic E-state index is 12.1. The van der Waals surface area contributed by atoms with E-state index in [2.05, 4.69) is 16.0 Å². The first-order valence-corrected chi connectivity index (χ1v) is 8.91. The maximum Gasteiger partial charge on any atom is 0.319 e. The Morgan fingerprint density at radius 3 is 2.35 bits per heavy atom. The van der Waals surface area contributed by atoms with Gasteiger partial charge in [-0.25, -0.2) is 4.79 Å². The van der Waals surface area contributed by atoms with Crippen molar-refractivity contribution in [1.82, 2.24) is 10.6 Å². The van der Waals surface area contributed by atoms with Crippen molar-refractivity contribution in [1.29, 1.82) is 0 Å². The first-order valence-electron chi connectivity index (χ1n) is 8.53. The Balaban J connectivity index is 1.90. The fourth-order valence-corrected chi connectivity index (χ4v) is 2.50. The van der Waals surface area contributed by atoms with Crippen molar-refractivity contribution in [2.24, 2.45) is 5.92 Å². The number of hydrogen-bond acceptors (Lipinski definition) is 2. The predicted octanol–water partition coefficient (Wildman–Crippen LogP) is 4.36. The standard InChI is InChI=1S/C20H24ClN3O2/c1-13(2)11-22-19(25)17-9-8-16(10-18(17)21)24-20(26)23-12-15-6-4-14(3)5-7-15/h4-10,13H,11-12H2,1-3H3,(H,22,25)(H2,23,24,26). The molecular formula is C20H24ClN3O2. The molecule has 2 aromatic carbocycles. The van der Waals surface area contributed by atoms with Gasteiger partial charge in [0, 0.05) is 18.8 Å². The van der Waals surface area contributed by atoms with Crippen LogP contribution >= 0.6 is 11.6 Å². The van der Waals surface area contributed by atoms with E-state index in [1.807, 2.05) is 45.0 Å². The van der Waals surface area contributed by atoms with Gasteiger partial charge in [-0.3, -0.25) is 4.79 Å². The minimum absolute atomic E-state index is 0.223. The van der Waals surface area contributed by atoms with E-state index in [0.29, 0.717) is 35.3 Å². The maximum absolute atomic E-state index is 12.1. The molecule has 0 atom stereocenters. The van der Waals surface area contributed by atoms with Crippen LogP contribution in [0.15, 0.2) is 42.5 Å². The van der Waals surface area contributed by atoms with Crippen LogP contribution in [0.2, 0.25) is 5.02 Å². The summed E-state index contributed by atoms with van der Waals surface area (Å²) in [5.41, 5.74) is 3.10. The second-order valence-corrected chi connectivity index (χ2v) is 7.00. The van der Waals surface area contributed by atoms with Crippen LogP contribution in [0, 0.1) is 12.8 Å². The summed E-state index contributed by atoms with van der Waals surface area (Å²) in [6.07, 6.45) is 0. The SMILES string of the molecule is Cc1ccc(CNC(=O)Nc2ccc(C(=O)NCC(C)C)c(Cl)c2)cc1. The molecule has 0 aromatic heterocycles. The van der Waals surface area contributed by atoms with Crippen LogP contribution in [-0.4, -0.2) is 18.5 Å². The van der Waals surface area contributed by atoms with E-state index >= 15 is 0 Å². The van der Waals surface area contributed by atoms with E-state index in [0.717, 1.165) is 5.56 Å². The van der Waals surface area contributed by atoms with Gasteiger partial charge in [-0.05, 0) is 36.6 Å². The molecule has 3 amide bonds. The molecule has 0 heterocycles. The zero-order chi connectivity index (χ0) is 19.1. The van der Waals surface area contributed by atoms with E-state index in [1.54, 1.807) is 18.2 Å². The summed E-state index contributed by atoms with van der Waals surface area (Å²) in [4.78, 5) is 24.1. The van der Waals surface area contributed by atoms with Gasteiger partial charge in [0.25, 0.3) is 5.91 Å². The number of aryl methyl sites for hydroxylation is 1. The highest BCUT2D eigenvalue weighted by atomic mass is 35.5. The Bertz CT molecular complexity index is 773. The van der Waals surface area contributed by atoms with Gasteiger partial charge >= 0.3 is 6.03 Å². The summed E-state index contributed by atoms with van der Waals surface area (Å²) in [5.74, 6) is 0.134. The third-order valence-corrected chi connectivity index (χ3v) is 4.03. The second-order valence-electron chi connectivity index (χ2n) is 6.59. The average Bonchev–Trinajstić information content (AvgIpc) is 2.59. The predicted molar refractivity (Wildman–Crippen MR) is 106 cm³/mol. The molecule has 6 heteroatoms. The monoisotopic (exact) mass is 373 g/mol. The van der Waals surface area contributed by atoms with E-state index < -0.39 is 0 Å². The summed E-state index contributed by atoms with van der Waals surface area (Å²) < 4.78 is 0. The molecular weight excluding hydrogens is 350 g/mol. The zero-order valence-electron chi connectivity index (χ0n) is 15.2. The number of amides is 3. The van der Waals surface area contributed by atoms with Gasteiger partial charge in [0.15, 0.2) is 0 Å². The van der Waals surface area contributed by atoms with Gasteiger partial charge in [-0.15, -0.1) is 0 Å². The van der Waals surface area contributed by atoms with Gasteiger partial charge in [-0.2, -0.15) is 0 Å². The van der Waals surface area contributed by atoms with Gasteiger partial charge in [0.2, 0.25) is 0 Å². The number of nitrogens with one attached hydrogen (secondary N) is 3. The van der Waals surface area contributed by atoms with Crippen LogP contribution < -0.4 is 16.0 Å². The molecule has 0 saturated carbocycles. The van der Waals surface area contributed by atoms with Crippen LogP contribution in [0.1, 0.15) is 35.3 Å². The van der Waals surface area contributed by atoms with Gasteiger partial charge in [-0.1, -0.05) is 55.3 Å². The van der Waals surface area contributed by atoms with Crippen molar-refractivity contribution in [2.45, 2.75) is 27.3 Å². The zero-order valence-corrected chi connectivity index (χ0v) is 16.0. The first kappa shape index (κ1) is 19.8. The molecule has 3 N–H and O–H groups in total. The topological polar surface area (TPSA) is 70.2 Å². The fraction of sp³-hybridized carbons (Fsp3) is 0.300. The highest BCUT2D eigenvalue weighted by molar-refractivity contribution is 6.34. The van der Waals surface area contributed by atoms with Crippen LogP contribution in [0.5, 0.6) is 0 Å². The van der Waals surface area contributed by atoms with Gasteiger partial charge in [0.1, 0.15) is 0 Å². The molecule has 0 aliphatic rings. The average molecular weight is 374 g/mol. The van der Waals surface area contributed by atoms with Gasteiger partial charge < -0.3 is 16.0 Å². The lowest BCUT2D eigenvalue weighted by Crippen LogP contribution is -2.29. The normalized spacial score (nSPS) is 10.5. The van der Waals surface area contributed by atoms with Gasteiger partial charge in [0.05, 0.1) is 10.6 Å². The molecule has 0 unspecified atom stereocenters. The molecule has 0 aliphatic carbocycles. The summed E-state index contributed by atoms with van der Waals surface area (Å²) >= 11 is 6.18. The first-order chi connectivity index (χ1) is 12.3. The molecule has 26 heavy (non-hydrogen) atoms. The molecule has 0 saturated heterocycles. The highest BCUT2D eigenvalue weighted by Gasteiger charge is 2.12. The minimum Gasteiger partial charge on any atom is -0.352 e. The fourth-order valence-electron chi connectivity index (χ4n) is 2.23. The Labute approximate surface area is 159 Å². The number of carbonyl (C=O) groups excluding carboxylic acids is 2. The molecule has 2 rings (SSSR count). The molecule has 0 bridgehead atoms. The minimum atomic E-state index is -0.335. The van der Waals surface area contributed by atoms with E-state index in [1.165, 1.54) is 5.56 Å². The molecule has 138 valence electrons. The quantitative estimate of drug-likeness (QED) is 0.704. The van der Waals surface area contributed by atoms with E-state index in [9.17, 15) is 9.59 Å².